The number of halogens is 2. The average molecular weight is 247 g/mol. The first-order chi connectivity index (χ1) is 7.00. The molecule has 0 saturated heterocycles. The molecular weight excluding hydrogens is 239 g/mol. The van der Waals surface area contributed by atoms with Crippen LogP contribution in [0.25, 0.3) is 0 Å². The summed E-state index contributed by atoms with van der Waals surface area (Å²) in [6.45, 7) is 1.37. The highest BCUT2D eigenvalue weighted by Crippen LogP contribution is 2.25. The van der Waals surface area contributed by atoms with Crippen LogP contribution in [0.5, 0.6) is 0 Å². The summed E-state index contributed by atoms with van der Waals surface area (Å²) in [6.07, 6.45) is 0. The fourth-order valence-corrected chi connectivity index (χ4v) is 1.22. The fourth-order valence-electron chi connectivity index (χ4n) is 0.772. The Kier molecular flexibility index (Phi) is 3.94. The van der Waals surface area contributed by atoms with Gasteiger partial charge in [0.2, 0.25) is 0 Å². The molecule has 1 rings (SSSR count). The van der Waals surface area contributed by atoms with E-state index < -0.39 is 5.97 Å². The number of benzene rings is 1. The van der Waals surface area contributed by atoms with Crippen molar-refractivity contribution in [2.24, 2.45) is 5.10 Å². The highest BCUT2D eigenvalue weighted by atomic mass is 35.5. The molecule has 1 aromatic carbocycles. The van der Waals surface area contributed by atoms with Crippen molar-refractivity contribution in [3.8, 4) is 0 Å². The number of hydrazone groups is 1. The zero-order valence-corrected chi connectivity index (χ0v) is 9.30. The Labute approximate surface area is 96.5 Å². The van der Waals surface area contributed by atoms with Crippen LogP contribution < -0.4 is 5.43 Å². The number of carboxylic acid groups (broad SMARTS) is 1. The van der Waals surface area contributed by atoms with Gasteiger partial charge in [0, 0.05) is 5.02 Å². The molecule has 15 heavy (non-hydrogen) atoms. The van der Waals surface area contributed by atoms with Gasteiger partial charge in [-0.2, -0.15) is 5.10 Å². The average Bonchev–Trinajstić information content (AvgIpc) is 2.15. The Morgan fingerprint density at radius 2 is 2.13 bits per heavy atom. The van der Waals surface area contributed by atoms with Crippen molar-refractivity contribution < 1.29 is 9.90 Å². The van der Waals surface area contributed by atoms with Crippen LogP contribution in [0, 0.1) is 0 Å². The van der Waals surface area contributed by atoms with Gasteiger partial charge in [-0.05, 0) is 25.1 Å². The minimum absolute atomic E-state index is 0.0546. The van der Waals surface area contributed by atoms with E-state index in [0.29, 0.717) is 15.7 Å². The molecule has 1 aromatic rings. The first-order valence-corrected chi connectivity index (χ1v) is 4.75. The molecule has 80 valence electrons. The van der Waals surface area contributed by atoms with Gasteiger partial charge in [-0.25, -0.2) is 4.79 Å². The topological polar surface area (TPSA) is 61.7 Å². The second kappa shape index (κ2) is 5.00. The molecule has 0 radical (unpaired) electrons. The summed E-state index contributed by atoms with van der Waals surface area (Å²) in [5.74, 6) is -1.09. The van der Waals surface area contributed by atoms with E-state index in [1.54, 1.807) is 12.1 Å². The molecule has 0 amide bonds. The minimum Gasteiger partial charge on any atom is -0.477 e. The number of hydrogen-bond donors (Lipinski definition) is 2. The van der Waals surface area contributed by atoms with Crippen molar-refractivity contribution in [2.45, 2.75) is 6.92 Å². The number of anilines is 1. The summed E-state index contributed by atoms with van der Waals surface area (Å²) in [6, 6.07) is 4.78. The summed E-state index contributed by atoms with van der Waals surface area (Å²) in [7, 11) is 0. The van der Waals surface area contributed by atoms with Crippen LogP contribution in [0.3, 0.4) is 0 Å². The SMILES string of the molecule is C/C(=N\Nc1ccc(Cl)cc1Cl)C(=O)O. The molecule has 4 nitrogen and oxygen atoms in total. The van der Waals surface area contributed by atoms with Crippen molar-refractivity contribution in [1.82, 2.24) is 0 Å². The molecule has 0 fully saturated rings. The Balaban J connectivity index is 2.82. The standard InChI is InChI=1S/C9H8Cl2N2O2/c1-5(9(14)15)12-13-8-3-2-6(10)4-7(8)11/h2-4,13H,1H3,(H,14,15)/b12-5+. The molecule has 0 aliphatic carbocycles. The molecule has 2 N–H and O–H groups in total. The second-order valence-corrected chi connectivity index (χ2v) is 3.58. The molecule has 0 atom stereocenters. The quantitative estimate of drug-likeness (QED) is 0.637. The van der Waals surface area contributed by atoms with Crippen LogP contribution in [0.2, 0.25) is 10.0 Å². The largest absolute Gasteiger partial charge is 0.477 e. The van der Waals surface area contributed by atoms with Gasteiger partial charge >= 0.3 is 5.97 Å². The predicted molar refractivity (Wildman–Crippen MR) is 60.8 cm³/mol. The third-order valence-electron chi connectivity index (χ3n) is 1.58. The van der Waals surface area contributed by atoms with E-state index in [4.69, 9.17) is 28.3 Å². The van der Waals surface area contributed by atoms with Gasteiger partial charge in [0.1, 0.15) is 5.71 Å². The lowest BCUT2D eigenvalue weighted by Gasteiger charge is -2.03. The Bertz CT molecular complexity index is 419. The lowest BCUT2D eigenvalue weighted by atomic mass is 10.3. The van der Waals surface area contributed by atoms with Crippen molar-refractivity contribution >= 4 is 40.6 Å². The van der Waals surface area contributed by atoms with E-state index >= 15 is 0 Å². The van der Waals surface area contributed by atoms with E-state index in [0.717, 1.165) is 0 Å². The molecule has 0 heterocycles. The van der Waals surface area contributed by atoms with Crippen LogP contribution in [0.15, 0.2) is 23.3 Å². The van der Waals surface area contributed by atoms with Gasteiger partial charge in [-0.3, -0.25) is 5.43 Å². The molecule has 0 bridgehead atoms. The van der Waals surface area contributed by atoms with Crippen LogP contribution in [0.1, 0.15) is 6.92 Å². The summed E-state index contributed by atoms with van der Waals surface area (Å²) in [4.78, 5) is 10.4. The molecular formula is C9H8Cl2N2O2. The predicted octanol–water partition coefficient (Wildman–Crippen LogP) is 2.87. The third kappa shape index (κ3) is 3.42. The first-order valence-electron chi connectivity index (χ1n) is 3.99. The summed E-state index contributed by atoms with van der Waals surface area (Å²) in [5, 5.41) is 13.1. The van der Waals surface area contributed by atoms with Crippen molar-refractivity contribution in [3.63, 3.8) is 0 Å². The lowest BCUT2D eigenvalue weighted by Crippen LogP contribution is -2.10. The van der Waals surface area contributed by atoms with Crippen molar-refractivity contribution in [2.75, 3.05) is 5.43 Å². The lowest BCUT2D eigenvalue weighted by molar-refractivity contribution is -0.129. The highest BCUT2D eigenvalue weighted by Gasteiger charge is 2.03. The number of rotatable bonds is 3. The van der Waals surface area contributed by atoms with Gasteiger partial charge in [0.15, 0.2) is 0 Å². The maximum absolute atomic E-state index is 10.4. The van der Waals surface area contributed by atoms with E-state index in [1.165, 1.54) is 13.0 Å². The van der Waals surface area contributed by atoms with E-state index in [1.807, 2.05) is 0 Å². The number of aliphatic carboxylic acids is 1. The summed E-state index contributed by atoms with van der Waals surface area (Å²) in [5.41, 5.74) is 2.98. The first kappa shape index (κ1) is 11.8. The van der Waals surface area contributed by atoms with Gasteiger partial charge in [0.25, 0.3) is 0 Å². The number of carbonyl (C=O) groups is 1. The summed E-state index contributed by atoms with van der Waals surface area (Å²) >= 11 is 11.5. The Hall–Kier alpha value is -1.26. The molecule has 0 unspecified atom stereocenters. The van der Waals surface area contributed by atoms with Crippen LogP contribution in [-0.4, -0.2) is 16.8 Å². The smallest absolute Gasteiger partial charge is 0.351 e. The maximum Gasteiger partial charge on any atom is 0.351 e. The highest BCUT2D eigenvalue weighted by molar-refractivity contribution is 6.36. The maximum atomic E-state index is 10.4. The molecule has 6 heteroatoms. The van der Waals surface area contributed by atoms with Gasteiger partial charge in [-0.1, -0.05) is 23.2 Å². The van der Waals surface area contributed by atoms with E-state index in [9.17, 15) is 4.79 Å². The molecule has 0 aliphatic heterocycles. The molecule has 0 saturated carbocycles. The van der Waals surface area contributed by atoms with Crippen molar-refractivity contribution in [1.29, 1.82) is 0 Å². The molecule has 0 spiro atoms. The zero-order valence-electron chi connectivity index (χ0n) is 7.79. The number of nitrogens with one attached hydrogen (secondary N) is 1. The number of hydrogen-bond acceptors (Lipinski definition) is 3. The van der Waals surface area contributed by atoms with E-state index in [-0.39, 0.29) is 5.71 Å². The van der Waals surface area contributed by atoms with Crippen LogP contribution in [-0.2, 0) is 4.79 Å². The van der Waals surface area contributed by atoms with Gasteiger partial charge in [-0.15, -0.1) is 0 Å². The molecule has 0 aromatic heterocycles. The van der Waals surface area contributed by atoms with Crippen LogP contribution >= 0.6 is 23.2 Å². The molecule has 0 aliphatic rings. The minimum atomic E-state index is -1.09. The fraction of sp³-hybridized carbons (Fsp3) is 0.111. The number of carboxylic acids is 1. The van der Waals surface area contributed by atoms with E-state index in [2.05, 4.69) is 10.5 Å². The zero-order chi connectivity index (χ0) is 11.4. The Morgan fingerprint density at radius 1 is 1.47 bits per heavy atom. The normalized spacial score (nSPS) is 11.3. The summed E-state index contributed by atoms with van der Waals surface area (Å²) < 4.78 is 0. The monoisotopic (exact) mass is 246 g/mol. The van der Waals surface area contributed by atoms with Gasteiger partial charge < -0.3 is 5.11 Å². The third-order valence-corrected chi connectivity index (χ3v) is 2.13. The van der Waals surface area contributed by atoms with Crippen LogP contribution in [0.4, 0.5) is 5.69 Å². The van der Waals surface area contributed by atoms with Crippen molar-refractivity contribution in [3.05, 3.63) is 28.2 Å². The number of nitrogens with zero attached hydrogens (tertiary/aromatic N) is 1. The Morgan fingerprint density at radius 3 is 2.67 bits per heavy atom. The second-order valence-electron chi connectivity index (χ2n) is 2.74. The van der Waals surface area contributed by atoms with Gasteiger partial charge in [0.05, 0.1) is 10.7 Å².